The first-order chi connectivity index (χ1) is 19.1. The Bertz CT molecular complexity index is 1690. The van der Waals surface area contributed by atoms with Gasteiger partial charge >= 0.3 is 5.97 Å². The smallest absolute Gasteiger partial charge is 0.338 e. The van der Waals surface area contributed by atoms with Crippen LogP contribution in [0.15, 0.2) is 63.5 Å². The van der Waals surface area contributed by atoms with Crippen molar-refractivity contribution in [1.82, 2.24) is 4.57 Å². The van der Waals surface area contributed by atoms with Crippen LogP contribution in [0, 0.1) is 10.1 Å². The van der Waals surface area contributed by atoms with Gasteiger partial charge in [-0.3, -0.25) is 19.5 Å². The summed E-state index contributed by atoms with van der Waals surface area (Å²) in [4.78, 5) is 45.4. The molecule has 5 rings (SSSR count). The number of nitro groups is 1. The second-order valence-electron chi connectivity index (χ2n) is 9.69. The van der Waals surface area contributed by atoms with Crippen molar-refractivity contribution in [2.45, 2.75) is 32.9 Å². The van der Waals surface area contributed by atoms with Crippen LogP contribution in [-0.2, 0) is 14.3 Å². The number of benzene rings is 2. The summed E-state index contributed by atoms with van der Waals surface area (Å²) in [6.45, 7) is 7.34. The lowest BCUT2D eigenvalue weighted by molar-refractivity contribution is -0.384. The van der Waals surface area contributed by atoms with Gasteiger partial charge in [0.2, 0.25) is 0 Å². The normalized spacial score (nSPS) is 17.6. The van der Waals surface area contributed by atoms with Crippen molar-refractivity contribution < 1.29 is 19.2 Å². The Morgan fingerprint density at radius 3 is 2.58 bits per heavy atom. The highest BCUT2D eigenvalue weighted by molar-refractivity contribution is 7.07. The number of aromatic nitrogens is 1. The number of anilines is 1. The second-order valence-corrected chi connectivity index (χ2v) is 11.1. The van der Waals surface area contributed by atoms with Gasteiger partial charge in [0.25, 0.3) is 11.2 Å². The van der Waals surface area contributed by atoms with E-state index in [0.29, 0.717) is 63.2 Å². The molecular weight excluding hydrogens is 556 g/mol. The molecular formula is C28H27ClN4O6S. The molecule has 208 valence electrons. The van der Waals surface area contributed by atoms with Gasteiger partial charge in [0.15, 0.2) is 4.80 Å². The number of fused-ring (bicyclic) bond motifs is 1. The van der Waals surface area contributed by atoms with Crippen LogP contribution in [0.25, 0.3) is 6.08 Å². The Morgan fingerprint density at radius 1 is 1.23 bits per heavy atom. The molecule has 2 aromatic carbocycles. The largest absolute Gasteiger partial charge is 0.459 e. The molecule has 0 saturated carbocycles. The van der Waals surface area contributed by atoms with Crippen LogP contribution < -0.4 is 19.8 Å². The third-order valence-electron chi connectivity index (χ3n) is 6.62. The van der Waals surface area contributed by atoms with Crippen molar-refractivity contribution in [3.63, 3.8) is 0 Å². The van der Waals surface area contributed by atoms with Crippen molar-refractivity contribution in [1.29, 1.82) is 0 Å². The van der Waals surface area contributed by atoms with Gasteiger partial charge in [-0.05, 0) is 56.2 Å². The number of nitrogens with zero attached hydrogens (tertiary/aromatic N) is 4. The molecule has 2 aliphatic rings. The first-order valence-corrected chi connectivity index (χ1v) is 13.9. The van der Waals surface area contributed by atoms with E-state index in [-0.39, 0.29) is 22.9 Å². The van der Waals surface area contributed by atoms with Crippen LogP contribution >= 0.6 is 22.9 Å². The summed E-state index contributed by atoms with van der Waals surface area (Å²) in [5.74, 6) is -0.556. The number of morpholine rings is 1. The zero-order valence-electron chi connectivity index (χ0n) is 22.1. The van der Waals surface area contributed by atoms with E-state index in [1.807, 2.05) is 4.90 Å². The van der Waals surface area contributed by atoms with Crippen molar-refractivity contribution in [2.75, 3.05) is 31.2 Å². The van der Waals surface area contributed by atoms with Crippen LogP contribution in [0.4, 0.5) is 11.4 Å². The van der Waals surface area contributed by atoms with Crippen LogP contribution in [0.1, 0.15) is 37.9 Å². The maximum absolute atomic E-state index is 13.8. The number of ether oxygens (including phenoxy) is 2. The Labute approximate surface area is 238 Å². The Morgan fingerprint density at radius 2 is 1.93 bits per heavy atom. The van der Waals surface area contributed by atoms with Gasteiger partial charge in [0, 0.05) is 24.2 Å². The summed E-state index contributed by atoms with van der Waals surface area (Å²) >= 11 is 7.27. The average molecular weight is 583 g/mol. The quantitative estimate of drug-likeness (QED) is 0.248. The Balaban J connectivity index is 1.63. The standard InChI is InChI=1S/C28H27ClN4O6S/c1-16(2)39-27(35)24-17(3)30-28-32(25(24)19-5-7-20(29)8-6-19)26(34)23(40-28)15-18-4-9-21(22(14-18)33(36)37)31-10-12-38-13-11-31/h4-9,14-16,25H,10-13H2,1-3H3. The van der Waals surface area contributed by atoms with Crippen LogP contribution in [-0.4, -0.2) is 47.9 Å². The molecule has 40 heavy (non-hydrogen) atoms. The number of hydrogen-bond acceptors (Lipinski definition) is 9. The van der Waals surface area contributed by atoms with E-state index >= 15 is 0 Å². The van der Waals surface area contributed by atoms with E-state index in [2.05, 4.69) is 4.99 Å². The zero-order chi connectivity index (χ0) is 28.6. The molecule has 1 atom stereocenters. The maximum atomic E-state index is 13.8. The summed E-state index contributed by atoms with van der Waals surface area (Å²) < 4.78 is 12.7. The number of carbonyl (C=O) groups excluding carboxylic acids is 1. The first-order valence-electron chi connectivity index (χ1n) is 12.7. The number of rotatable bonds is 6. The fourth-order valence-corrected chi connectivity index (χ4v) is 5.99. The van der Waals surface area contributed by atoms with Crippen molar-refractivity contribution in [3.05, 3.63) is 99.7 Å². The van der Waals surface area contributed by atoms with Gasteiger partial charge < -0.3 is 14.4 Å². The third-order valence-corrected chi connectivity index (χ3v) is 7.85. The molecule has 0 aliphatic carbocycles. The fraction of sp³-hybridized carbons (Fsp3) is 0.321. The monoisotopic (exact) mass is 582 g/mol. The Kier molecular flexibility index (Phi) is 7.88. The summed E-state index contributed by atoms with van der Waals surface area (Å²) in [6, 6.07) is 11.1. The van der Waals surface area contributed by atoms with Gasteiger partial charge in [-0.2, -0.15) is 0 Å². The summed E-state index contributed by atoms with van der Waals surface area (Å²) in [5.41, 5.74) is 1.99. The number of hydrogen-bond donors (Lipinski definition) is 0. The third kappa shape index (κ3) is 5.45. The SMILES string of the molecule is CC1=C(C(=O)OC(C)C)C(c2ccc(Cl)cc2)n2c(sc(=Cc3ccc(N4CCOCC4)c([N+](=O)[O-])c3)c2=O)=N1. The number of allylic oxidation sites excluding steroid dienone is 1. The van der Waals surface area contributed by atoms with Gasteiger partial charge in [-0.15, -0.1) is 0 Å². The topological polar surface area (TPSA) is 116 Å². The van der Waals surface area contributed by atoms with E-state index in [1.54, 1.807) is 63.2 Å². The first kappa shape index (κ1) is 27.8. The lowest BCUT2D eigenvalue weighted by atomic mass is 9.96. The number of nitro benzene ring substituents is 1. The van der Waals surface area contributed by atoms with Gasteiger partial charge in [-0.25, -0.2) is 9.79 Å². The highest BCUT2D eigenvalue weighted by atomic mass is 35.5. The van der Waals surface area contributed by atoms with Crippen LogP contribution in [0.5, 0.6) is 0 Å². The van der Waals surface area contributed by atoms with E-state index in [1.165, 1.54) is 10.6 Å². The molecule has 2 aliphatic heterocycles. The maximum Gasteiger partial charge on any atom is 0.338 e. The van der Waals surface area contributed by atoms with Crippen LogP contribution in [0.2, 0.25) is 5.02 Å². The minimum atomic E-state index is -0.778. The van der Waals surface area contributed by atoms with Crippen molar-refractivity contribution >= 4 is 46.4 Å². The minimum absolute atomic E-state index is 0.0444. The van der Waals surface area contributed by atoms with Gasteiger partial charge in [0.05, 0.1) is 46.1 Å². The second kappa shape index (κ2) is 11.4. The number of esters is 1. The summed E-state index contributed by atoms with van der Waals surface area (Å²) in [6.07, 6.45) is 1.25. The molecule has 0 radical (unpaired) electrons. The molecule has 3 aromatic rings. The minimum Gasteiger partial charge on any atom is -0.459 e. The number of thiazole rings is 1. The average Bonchev–Trinajstić information content (AvgIpc) is 3.22. The summed E-state index contributed by atoms with van der Waals surface area (Å²) in [7, 11) is 0. The predicted molar refractivity (Wildman–Crippen MR) is 153 cm³/mol. The molecule has 0 bridgehead atoms. The van der Waals surface area contributed by atoms with Crippen molar-refractivity contribution in [3.8, 4) is 0 Å². The van der Waals surface area contributed by atoms with E-state index in [4.69, 9.17) is 21.1 Å². The molecule has 3 heterocycles. The molecule has 0 spiro atoms. The summed E-state index contributed by atoms with van der Waals surface area (Å²) in [5, 5.41) is 12.4. The van der Waals surface area contributed by atoms with Gasteiger partial charge in [0.1, 0.15) is 5.69 Å². The molecule has 1 unspecified atom stereocenters. The molecule has 1 saturated heterocycles. The fourth-order valence-electron chi connectivity index (χ4n) is 4.82. The number of halogens is 1. The lowest BCUT2D eigenvalue weighted by Crippen LogP contribution is -2.40. The predicted octanol–water partition coefficient (Wildman–Crippen LogP) is 3.59. The zero-order valence-corrected chi connectivity index (χ0v) is 23.7. The molecule has 1 aromatic heterocycles. The highest BCUT2D eigenvalue weighted by Crippen LogP contribution is 2.32. The molecule has 1 fully saturated rings. The molecule has 0 amide bonds. The highest BCUT2D eigenvalue weighted by Gasteiger charge is 2.34. The van der Waals surface area contributed by atoms with E-state index < -0.39 is 16.9 Å². The molecule has 0 N–H and O–H groups in total. The van der Waals surface area contributed by atoms with E-state index in [0.717, 1.165) is 11.3 Å². The molecule has 12 heteroatoms. The Hall–Kier alpha value is -3.80. The lowest BCUT2D eigenvalue weighted by Gasteiger charge is -2.28. The van der Waals surface area contributed by atoms with Gasteiger partial charge in [-0.1, -0.05) is 41.1 Å². The molecule has 10 nitrogen and oxygen atoms in total. The van der Waals surface area contributed by atoms with E-state index in [9.17, 15) is 19.7 Å². The van der Waals surface area contributed by atoms with Crippen LogP contribution in [0.3, 0.4) is 0 Å². The number of carbonyl (C=O) groups is 1. The van der Waals surface area contributed by atoms with Crippen molar-refractivity contribution in [2.24, 2.45) is 4.99 Å².